The average molecular weight is 613 g/mol. The van der Waals surface area contributed by atoms with Gasteiger partial charge in [0, 0.05) is 51.6 Å². The Labute approximate surface area is 263 Å². The van der Waals surface area contributed by atoms with Crippen LogP contribution in [0.5, 0.6) is 0 Å². The summed E-state index contributed by atoms with van der Waals surface area (Å²) in [6.45, 7) is 0. The standard InChI is InChI=1S/C38H28S4/c1-3-7-27-17-23(9-13-25(27)5-1)11-15-29-19-35-37(39-29)31-21-34-32(22-33(31)41-35)38-36(42-34)20-30(40-38)16-12-24-10-14-26-6-2-4-8-28(26)18-24/h1-20,31-34H,21-22H2/b15-11+,16-12+. The van der Waals surface area contributed by atoms with Gasteiger partial charge in [-0.15, -0.1) is 46.2 Å². The first kappa shape index (κ1) is 25.5. The van der Waals surface area contributed by atoms with Crippen molar-refractivity contribution < 1.29 is 0 Å². The van der Waals surface area contributed by atoms with Gasteiger partial charge in [-0.25, -0.2) is 0 Å². The molecule has 1 saturated carbocycles. The Hall–Kier alpha value is -3.02. The Morgan fingerprint density at radius 2 is 0.929 bits per heavy atom. The van der Waals surface area contributed by atoms with Crippen molar-refractivity contribution in [2.75, 3.05) is 0 Å². The topological polar surface area (TPSA) is 0 Å². The summed E-state index contributed by atoms with van der Waals surface area (Å²) >= 11 is 8.39. The van der Waals surface area contributed by atoms with Crippen molar-refractivity contribution in [1.82, 2.24) is 0 Å². The highest BCUT2D eigenvalue weighted by Crippen LogP contribution is 2.63. The Balaban J connectivity index is 0.897. The summed E-state index contributed by atoms with van der Waals surface area (Å²) in [5.74, 6) is 1.43. The molecule has 4 heterocycles. The molecule has 4 heteroatoms. The number of hydrogen-bond donors (Lipinski definition) is 0. The molecule has 1 aliphatic carbocycles. The predicted octanol–water partition coefficient (Wildman–Crippen LogP) is 12.1. The van der Waals surface area contributed by atoms with Crippen LogP contribution < -0.4 is 0 Å². The van der Waals surface area contributed by atoms with Crippen molar-refractivity contribution in [2.24, 2.45) is 0 Å². The smallest absolute Gasteiger partial charge is 0.0285 e. The van der Waals surface area contributed by atoms with Crippen LogP contribution in [-0.4, -0.2) is 10.5 Å². The second kappa shape index (κ2) is 10.3. The Bertz CT molecular complexity index is 1890. The maximum absolute atomic E-state index is 2.45. The van der Waals surface area contributed by atoms with Crippen molar-refractivity contribution >= 4 is 92.0 Å². The molecule has 4 aromatic carbocycles. The van der Waals surface area contributed by atoms with Crippen molar-refractivity contribution in [3.8, 4) is 0 Å². The van der Waals surface area contributed by atoms with Gasteiger partial charge in [0.2, 0.25) is 0 Å². The molecule has 0 radical (unpaired) electrons. The molecule has 3 aliphatic rings. The van der Waals surface area contributed by atoms with Crippen LogP contribution in [0.2, 0.25) is 0 Å². The lowest BCUT2D eigenvalue weighted by Crippen LogP contribution is -2.28. The van der Waals surface area contributed by atoms with Gasteiger partial charge in [0.05, 0.1) is 0 Å². The number of hydrogen-bond acceptors (Lipinski definition) is 4. The molecule has 204 valence electrons. The molecule has 0 amide bonds. The summed E-state index contributed by atoms with van der Waals surface area (Å²) in [7, 11) is 0. The first-order chi connectivity index (χ1) is 20.7. The van der Waals surface area contributed by atoms with E-state index in [1.807, 2.05) is 22.7 Å². The lowest BCUT2D eigenvalue weighted by atomic mass is 9.80. The minimum Gasteiger partial charge on any atom is -0.139 e. The average Bonchev–Trinajstić information content (AvgIpc) is 3.77. The number of thiophene rings is 2. The third-order valence-corrected chi connectivity index (χ3v) is 14.6. The van der Waals surface area contributed by atoms with Crippen molar-refractivity contribution in [2.45, 2.75) is 45.0 Å². The van der Waals surface area contributed by atoms with Crippen LogP contribution in [0, 0.1) is 0 Å². The fourth-order valence-electron chi connectivity index (χ4n) is 6.93. The second-order valence-electron chi connectivity index (χ2n) is 11.6. The van der Waals surface area contributed by atoms with E-state index in [0.717, 1.165) is 10.5 Å². The quantitative estimate of drug-likeness (QED) is 0.194. The normalized spacial score (nSPS) is 22.7. The van der Waals surface area contributed by atoms with Crippen molar-refractivity contribution in [3.63, 3.8) is 0 Å². The fourth-order valence-corrected chi connectivity index (χ4v) is 13.1. The summed E-state index contributed by atoms with van der Waals surface area (Å²) in [5.41, 5.74) is 2.54. The van der Waals surface area contributed by atoms with Gasteiger partial charge in [0.1, 0.15) is 0 Å². The second-order valence-corrected chi connectivity index (χ2v) is 16.4. The van der Waals surface area contributed by atoms with Crippen LogP contribution in [-0.2, 0) is 0 Å². The molecule has 1 fully saturated rings. The largest absolute Gasteiger partial charge is 0.139 e. The fraction of sp³-hybridized carbons (Fsp3) is 0.158. The third-order valence-electron chi connectivity index (χ3n) is 9.02. The van der Waals surface area contributed by atoms with Gasteiger partial charge in [0.15, 0.2) is 0 Å². The van der Waals surface area contributed by atoms with Crippen LogP contribution in [0.15, 0.2) is 107 Å². The Kier molecular flexibility index (Phi) is 6.25. The first-order valence-electron chi connectivity index (χ1n) is 14.7. The Morgan fingerprint density at radius 3 is 1.40 bits per heavy atom. The lowest BCUT2D eigenvalue weighted by Gasteiger charge is -2.33. The summed E-state index contributed by atoms with van der Waals surface area (Å²) in [6.07, 6.45) is 11.8. The number of rotatable bonds is 4. The molecule has 4 unspecified atom stereocenters. The molecule has 0 spiro atoms. The monoisotopic (exact) mass is 612 g/mol. The minimum atomic E-state index is 0.716. The van der Waals surface area contributed by atoms with Gasteiger partial charge in [-0.2, -0.15) is 0 Å². The zero-order valence-corrected chi connectivity index (χ0v) is 26.2. The molecule has 42 heavy (non-hydrogen) atoms. The van der Waals surface area contributed by atoms with Gasteiger partial charge >= 0.3 is 0 Å². The van der Waals surface area contributed by atoms with Crippen molar-refractivity contribution in [3.05, 3.63) is 128 Å². The molecule has 2 aromatic heterocycles. The minimum absolute atomic E-state index is 0.716. The summed E-state index contributed by atoms with van der Waals surface area (Å²) in [4.78, 5) is 9.17. The van der Waals surface area contributed by atoms with E-state index in [9.17, 15) is 0 Å². The molecule has 0 nitrogen and oxygen atoms in total. The molecule has 0 bridgehead atoms. The van der Waals surface area contributed by atoms with E-state index in [1.165, 1.54) is 55.3 Å². The van der Waals surface area contributed by atoms with Gasteiger partial charge < -0.3 is 0 Å². The number of fused-ring (bicyclic) bond motifs is 8. The van der Waals surface area contributed by atoms with E-state index in [4.69, 9.17) is 0 Å². The SMILES string of the molecule is C(=C\c1cc2c(s1)C1CC3Sc4cc(/C=C/c5ccc6ccccc6c5)sc4C3CC1S2)/c1ccc2ccccc2c1. The van der Waals surface area contributed by atoms with E-state index in [1.54, 1.807) is 19.5 Å². The number of benzene rings is 4. The highest BCUT2D eigenvalue weighted by Gasteiger charge is 2.48. The molecule has 4 atom stereocenters. The Morgan fingerprint density at radius 1 is 0.476 bits per heavy atom. The molecule has 2 aliphatic heterocycles. The summed E-state index contributed by atoms with van der Waals surface area (Å²) < 4.78 is 0. The zero-order valence-electron chi connectivity index (χ0n) is 22.9. The van der Waals surface area contributed by atoms with Crippen LogP contribution in [0.4, 0.5) is 0 Å². The molecular formula is C38H28S4. The van der Waals surface area contributed by atoms with E-state index in [-0.39, 0.29) is 0 Å². The lowest BCUT2D eigenvalue weighted by molar-refractivity contribution is 0.435. The highest BCUT2D eigenvalue weighted by molar-refractivity contribution is 8.01. The van der Waals surface area contributed by atoms with E-state index < -0.39 is 0 Å². The van der Waals surface area contributed by atoms with Crippen LogP contribution >= 0.6 is 46.2 Å². The van der Waals surface area contributed by atoms with Gasteiger partial charge in [-0.05, 0) is 81.9 Å². The third kappa shape index (κ3) is 4.51. The number of thioether (sulfide) groups is 2. The molecular weight excluding hydrogens is 585 g/mol. The molecule has 6 aromatic rings. The van der Waals surface area contributed by atoms with Crippen molar-refractivity contribution in [1.29, 1.82) is 0 Å². The maximum atomic E-state index is 2.45. The first-order valence-corrected chi connectivity index (χ1v) is 18.1. The van der Waals surface area contributed by atoms with Gasteiger partial charge in [0.25, 0.3) is 0 Å². The molecule has 0 saturated heterocycles. The zero-order chi connectivity index (χ0) is 27.6. The highest BCUT2D eigenvalue weighted by atomic mass is 32.2. The van der Waals surface area contributed by atoms with Crippen LogP contribution in [0.1, 0.15) is 55.3 Å². The van der Waals surface area contributed by atoms with Crippen LogP contribution in [0.25, 0.3) is 45.8 Å². The van der Waals surface area contributed by atoms with Gasteiger partial charge in [-0.3, -0.25) is 0 Å². The van der Waals surface area contributed by atoms with E-state index >= 15 is 0 Å². The van der Waals surface area contributed by atoms with E-state index in [2.05, 4.69) is 145 Å². The van der Waals surface area contributed by atoms with Gasteiger partial charge in [-0.1, -0.05) is 84.9 Å². The molecule has 9 rings (SSSR count). The predicted molar refractivity (Wildman–Crippen MR) is 188 cm³/mol. The van der Waals surface area contributed by atoms with Crippen LogP contribution in [0.3, 0.4) is 0 Å². The summed E-state index contributed by atoms with van der Waals surface area (Å²) in [5, 5.41) is 6.68. The van der Waals surface area contributed by atoms with E-state index in [0.29, 0.717) is 11.8 Å². The summed E-state index contributed by atoms with van der Waals surface area (Å²) in [6, 6.07) is 35.6. The molecule has 0 N–H and O–H groups in total. The maximum Gasteiger partial charge on any atom is 0.0285 e.